The summed E-state index contributed by atoms with van der Waals surface area (Å²) in [5, 5.41) is 10.7. The fourth-order valence-corrected chi connectivity index (χ4v) is 3.00. The second-order valence-corrected chi connectivity index (χ2v) is 6.50. The molecule has 0 fully saturated rings. The van der Waals surface area contributed by atoms with E-state index in [4.69, 9.17) is 12.2 Å². The molecule has 7 nitrogen and oxygen atoms in total. The van der Waals surface area contributed by atoms with E-state index in [-0.39, 0.29) is 17.1 Å². The molecule has 9 heteroatoms. The van der Waals surface area contributed by atoms with Gasteiger partial charge in [0.2, 0.25) is 10.0 Å². The predicted molar refractivity (Wildman–Crippen MR) is 78.9 cm³/mol. The Morgan fingerprint density at radius 1 is 1.50 bits per heavy atom. The summed E-state index contributed by atoms with van der Waals surface area (Å²) in [4.78, 5) is 9.80. The zero-order valence-electron chi connectivity index (χ0n) is 10.4. The Labute approximate surface area is 121 Å². The van der Waals surface area contributed by atoms with Gasteiger partial charge >= 0.3 is 0 Å². The van der Waals surface area contributed by atoms with E-state index in [1.807, 2.05) is 0 Å². The van der Waals surface area contributed by atoms with E-state index in [0.29, 0.717) is 11.5 Å². The van der Waals surface area contributed by atoms with Crippen LogP contribution in [-0.2, 0) is 10.0 Å². The van der Waals surface area contributed by atoms with Gasteiger partial charge in [0, 0.05) is 18.4 Å². The first kappa shape index (κ1) is 16.3. The van der Waals surface area contributed by atoms with Crippen molar-refractivity contribution in [1.29, 1.82) is 0 Å². The van der Waals surface area contributed by atoms with Gasteiger partial charge in [-0.3, -0.25) is 10.1 Å². The van der Waals surface area contributed by atoms with Crippen LogP contribution in [0.25, 0.3) is 0 Å². The van der Waals surface area contributed by atoms with Gasteiger partial charge in [-0.1, -0.05) is 5.92 Å². The molecule has 0 atom stereocenters. The van der Waals surface area contributed by atoms with Gasteiger partial charge in [-0.25, -0.2) is 13.1 Å². The van der Waals surface area contributed by atoms with Crippen molar-refractivity contribution in [2.75, 3.05) is 23.8 Å². The maximum absolute atomic E-state index is 11.9. The SMILES string of the molecule is C#CCSCCNS(=O)(=O)c1ccc(N)c([N+](=O)[O-])c1. The molecular formula is C11H13N3O4S2. The van der Waals surface area contributed by atoms with E-state index in [1.54, 1.807) is 0 Å². The highest BCUT2D eigenvalue weighted by atomic mass is 32.2. The van der Waals surface area contributed by atoms with Crippen LogP contribution in [0.3, 0.4) is 0 Å². The number of nitro groups is 1. The average molecular weight is 315 g/mol. The number of nitrogen functional groups attached to an aromatic ring is 1. The minimum absolute atomic E-state index is 0.0847. The Morgan fingerprint density at radius 2 is 2.20 bits per heavy atom. The largest absolute Gasteiger partial charge is 0.393 e. The van der Waals surface area contributed by atoms with Crippen LogP contribution in [0.5, 0.6) is 0 Å². The predicted octanol–water partition coefficient (Wildman–Crippen LogP) is 0.822. The number of hydrogen-bond acceptors (Lipinski definition) is 6. The first-order valence-corrected chi connectivity index (χ1v) is 8.07. The fraction of sp³-hybridized carbons (Fsp3) is 0.273. The van der Waals surface area contributed by atoms with Crippen LogP contribution < -0.4 is 10.5 Å². The Kier molecular flexibility index (Phi) is 5.82. The van der Waals surface area contributed by atoms with Crippen LogP contribution in [-0.4, -0.2) is 31.4 Å². The third-order valence-corrected chi connectivity index (χ3v) is 4.56. The van der Waals surface area contributed by atoms with Crippen LogP contribution in [0.15, 0.2) is 23.1 Å². The number of benzene rings is 1. The fourth-order valence-electron chi connectivity index (χ4n) is 1.31. The van der Waals surface area contributed by atoms with E-state index in [0.717, 1.165) is 6.07 Å². The van der Waals surface area contributed by atoms with Gasteiger partial charge in [0.15, 0.2) is 0 Å². The van der Waals surface area contributed by atoms with E-state index >= 15 is 0 Å². The molecule has 0 spiro atoms. The number of nitrogens with zero attached hydrogens (tertiary/aromatic N) is 1. The van der Waals surface area contributed by atoms with Crippen molar-refractivity contribution in [3.8, 4) is 12.3 Å². The number of anilines is 1. The quantitative estimate of drug-likeness (QED) is 0.253. The highest BCUT2D eigenvalue weighted by Crippen LogP contribution is 2.24. The molecule has 0 aliphatic heterocycles. The topological polar surface area (TPSA) is 115 Å². The lowest BCUT2D eigenvalue weighted by atomic mass is 10.3. The number of sulfonamides is 1. The van der Waals surface area contributed by atoms with Crippen molar-refractivity contribution in [1.82, 2.24) is 4.72 Å². The van der Waals surface area contributed by atoms with Crippen LogP contribution >= 0.6 is 11.8 Å². The summed E-state index contributed by atoms with van der Waals surface area (Å²) in [6.07, 6.45) is 5.06. The van der Waals surface area contributed by atoms with Crippen molar-refractivity contribution in [2.24, 2.45) is 0 Å². The molecular weight excluding hydrogens is 302 g/mol. The smallest absolute Gasteiger partial charge is 0.293 e. The number of nitro benzene ring substituents is 1. The van der Waals surface area contributed by atoms with E-state index in [2.05, 4.69) is 10.6 Å². The molecule has 0 saturated carbocycles. The van der Waals surface area contributed by atoms with Gasteiger partial charge in [0.25, 0.3) is 5.69 Å². The van der Waals surface area contributed by atoms with Crippen LogP contribution in [0.1, 0.15) is 0 Å². The molecule has 0 saturated heterocycles. The van der Waals surface area contributed by atoms with Gasteiger partial charge in [-0.2, -0.15) is 0 Å². The second kappa shape index (κ2) is 7.14. The summed E-state index contributed by atoms with van der Waals surface area (Å²) in [7, 11) is -3.80. The number of thioether (sulfide) groups is 1. The lowest BCUT2D eigenvalue weighted by molar-refractivity contribution is -0.384. The summed E-state index contributed by atoms with van der Waals surface area (Å²) < 4.78 is 26.2. The van der Waals surface area contributed by atoms with Gasteiger partial charge in [0.05, 0.1) is 15.6 Å². The molecule has 0 aromatic heterocycles. The number of rotatable bonds is 7. The molecule has 0 aliphatic carbocycles. The zero-order valence-corrected chi connectivity index (χ0v) is 12.0. The standard InChI is InChI=1S/C11H13N3O4S2/c1-2-6-19-7-5-13-20(17,18)9-3-4-10(12)11(8-9)14(15)16/h1,3-4,8,13H,5-7,12H2. The van der Waals surface area contributed by atoms with E-state index in [9.17, 15) is 18.5 Å². The summed E-state index contributed by atoms with van der Waals surface area (Å²) >= 11 is 1.41. The number of hydrogen-bond donors (Lipinski definition) is 2. The van der Waals surface area contributed by atoms with Crippen molar-refractivity contribution in [3.05, 3.63) is 28.3 Å². The van der Waals surface area contributed by atoms with Crippen LogP contribution in [0, 0.1) is 22.5 Å². The van der Waals surface area contributed by atoms with Gasteiger partial charge in [0.1, 0.15) is 5.69 Å². The summed E-state index contributed by atoms with van der Waals surface area (Å²) in [6, 6.07) is 3.35. The molecule has 0 heterocycles. The maximum Gasteiger partial charge on any atom is 0.293 e. The molecule has 0 unspecified atom stereocenters. The molecule has 0 amide bonds. The zero-order chi connectivity index (χ0) is 15.2. The molecule has 1 aromatic carbocycles. The van der Waals surface area contributed by atoms with Crippen molar-refractivity contribution in [3.63, 3.8) is 0 Å². The Morgan fingerprint density at radius 3 is 2.80 bits per heavy atom. The molecule has 0 bridgehead atoms. The van der Waals surface area contributed by atoms with Crippen molar-refractivity contribution in [2.45, 2.75) is 4.90 Å². The average Bonchev–Trinajstić information content (AvgIpc) is 2.38. The number of terminal acetylenes is 1. The monoisotopic (exact) mass is 315 g/mol. The highest BCUT2D eigenvalue weighted by molar-refractivity contribution is 7.99. The Bertz CT molecular complexity index is 638. The number of nitrogens with two attached hydrogens (primary N) is 1. The minimum atomic E-state index is -3.80. The summed E-state index contributed by atoms with van der Waals surface area (Å²) in [5.74, 6) is 3.43. The first-order valence-electron chi connectivity index (χ1n) is 5.43. The Hall–Kier alpha value is -1.76. The van der Waals surface area contributed by atoms with Crippen LogP contribution in [0.4, 0.5) is 11.4 Å². The lowest BCUT2D eigenvalue weighted by Gasteiger charge is -2.06. The lowest BCUT2D eigenvalue weighted by Crippen LogP contribution is -2.26. The van der Waals surface area contributed by atoms with Crippen LogP contribution in [0.2, 0.25) is 0 Å². The molecule has 20 heavy (non-hydrogen) atoms. The van der Waals surface area contributed by atoms with Gasteiger partial charge in [-0.15, -0.1) is 18.2 Å². The third-order valence-electron chi connectivity index (χ3n) is 2.23. The summed E-state index contributed by atoms with van der Waals surface area (Å²) in [5.41, 5.74) is 4.89. The highest BCUT2D eigenvalue weighted by Gasteiger charge is 2.19. The van der Waals surface area contributed by atoms with E-state index < -0.39 is 20.6 Å². The Balaban J connectivity index is 2.80. The molecule has 3 N–H and O–H groups in total. The first-order chi connectivity index (χ1) is 9.38. The normalized spacial score (nSPS) is 10.9. The minimum Gasteiger partial charge on any atom is -0.393 e. The molecule has 0 aliphatic rings. The van der Waals surface area contributed by atoms with Crippen molar-refractivity contribution < 1.29 is 13.3 Å². The van der Waals surface area contributed by atoms with Gasteiger partial charge in [-0.05, 0) is 12.1 Å². The maximum atomic E-state index is 11.9. The molecule has 1 aromatic rings. The third kappa shape index (κ3) is 4.41. The second-order valence-electron chi connectivity index (χ2n) is 3.63. The molecule has 108 valence electrons. The van der Waals surface area contributed by atoms with Crippen molar-refractivity contribution >= 4 is 33.2 Å². The van der Waals surface area contributed by atoms with E-state index in [1.165, 1.54) is 23.9 Å². The number of nitrogens with one attached hydrogen (secondary N) is 1. The molecule has 1 rings (SSSR count). The summed E-state index contributed by atoms with van der Waals surface area (Å²) in [6.45, 7) is 0.187. The van der Waals surface area contributed by atoms with Gasteiger partial charge < -0.3 is 5.73 Å². The molecule has 0 radical (unpaired) electrons.